The monoisotopic (exact) mass is 492 g/mol. The van der Waals surface area contributed by atoms with Gasteiger partial charge in [0.25, 0.3) is 0 Å². The van der Waals surface area contributed by atoms with E-state index in [1.165, 1.54) is 36.4 Å². The van der Waals surface area contributed by atoms with Crippen molar-refractivity contribution in [1.29, 1.82) is 0 Å². The van der Waals surface area contributed by atoms with Crippen molar-refractivity contribution >= 4 is 21.6 Å². The molecule has 0 fully saturated rings. The average Bonchev–Trinajstić information content (AvgIpc) is 2.79. The van der Waals surface area contributed by atoms with Crippen LogP contribution in [0, 0.1) is 0 Å². The minimum Gasteiger partial charge on any atom is -0.494 e. The van der Waals surface area contributed by atoms with Gasteiger partial charge in [-0.15, -0.1) is 0 Å². The lowest BCUT2D eigenvalue weighted by atomic mass is 10.1. The Morgan fingerprint density at radius 2 is 1.56 bits per heavy atom. The second kappa shape index (κ2) is 10.7. The van der Waals surface area contributed by atoms with Crippen LogP contribution in [0.1, 0.15) is 18.1 Å². The van der Waals surface area contributed by atoms with Crippen molar-refractivity contribution in [2.75, 3.05) is 11.9 Å². The number of alkyl halides is 3. The van der Waals surface area contributed by atoms with Crippen LogP contribution >= 0.6 is 0 Å². The minimum atomic E-state index is -4.69. The van der Waals surface area contributed by atoms with Gasteiger partial charge in [0.15, 0.2) is 0 Å². The number of carbonyl (C=O) groups is 1. The third-order valence-electron chi connectivity index (χ3n) is 4.83. The zero-order chi connectivity index (χ0) is 24.8. The van der Waals surface area contributed by atoms with Gasteiger partial charge in [0.1, 0.15) is 11.8 Å². The molecule has 0 radical (unpaired) electrons. The molecule has 0 aliphatic rings. The highest BCUT2D eigenvalue weighted by molar-refractivity contribution is 7.89. The van der Waals surface area contributed by atoms with Crippen LogP contribution < -0.4 is 14.8 Å². The summed E-state index contributed by atoms with van der Waals surface area (Å²) in [6.07, 6.45) is -4.77. The summed E-state index contributed by atoms with van der Waals surface area (Å²) < 4.78 is 73.6. The van der Waals surface area contributed by atoms with Crippen LogP contribution in [-0.2, 0) is 27.4 Å². The van der Waals surface area contributed by atoms with Crippen LogP contribution in [0.5, 0.6) is 5.75 Å². The van der Waals surface area contributed by atoms with E-state index in [2.05, 4.69) is 10.0 Å². The summed E-state index contributed by atoms with van der Waals surface area (Å²) in [5.74, 6) is -0.446. The molecule has 0 aliphatic carbocycles. The van der Waals surface area contributed by atoms with Gasteiger partial charge in [-0.05, 0) is 55.3 Å². The fourth-order valence-electron chi connectivity index (χ4n) is 3.23. The van der Waals surface area contributed by atoms with E-state index in [9.17, 15) is 26.4 Å². The topological polar surface area (TPSA) is 84.5 Å². The first-order valence-electron chi connectivity index (χ1n) is 10.4. The number of ether oxygens (including phenoxy) is 1. The molecule has 1 amide bonds. The summed E-state index contributed by atoms with van der Waals surface area (Å²) in [5.41, 5.74) is -0.865. The summed E-state index contributed by atoms with van der Waals surface area (Å²) in [6.45, 7) is 2.19. The molecule has 0 spiro atoms. The number of amides is 1. The Hall–Kier alpha value is -3.37. The number of hydrogen-bond donors (Lipinski definition) is 2. The van der Waals surface area contributed by atoms with Crippen molar-refractivity contribution in [1.82, 2.24) is 4.72 Å². The minimum absolute atomic E-state index is 0.0723. The molecule has 0 unspecified atom stereocenters. The maximum absolute atomic E-state index is 13.4. The van der Waals surface area contributed by atoms with Gasteiger partial charge in [0.05, 0.1) is 22.8 Å². The number of benzene rings is 3. The Morgan fingerprint density at radius 1 is 0.941 bits per heavy atom. The van der Waals surface area contributed by atoms with E-state index in [4.69, 9.17) is 4.74 Å². The van der Waals surface area contributed by atoms with E-state index in [1.807, 2.05) is 0 Å². The molecule has 3 rings (SSSR count). The number of anilines is 1. The number of rotatable bonds is 9. The SMILES string of the molecule is CCOc1ccc(S(=O)(=O)N[C@H](Cc2ccccc2)C(=O)Nc2ccccc2C(F)(F)F)cc1. The predicted octanol–water partition coefficient (Wildman–Crippen LogP) is 4.63. The largest absolute Gasteiger partial charge is 0.494 e. The molecular weight excluding hydrogens is 469 g/mol. The van der Waals surface area contributed by atoms with Crippen LogP contribution in [0.25, 0.3) is 0 Å². The van der Waals surface area contributed by atoms with Gasteiger partial charge in [-0.1, -0.05) is 42.5 Å². The van der Waals surface area contributed by atoms with E-state index < -0.39 is 39.4 Å². The Kier molecular flexibility index (Phi) is 7.95. The van der Waals surface area contributed by atoms with Crippen LogP contribution in [0.15, 0.2) is 83.8 Å². The molecule has 0 saturated heterocycles. The van der Waals surface area contributed by atoms with E-state index in [1.54, 1.807) is 37.3 Å². The first-order valence-corrected chi connectivity index (χ1v) is 11.8. The zero-order valence-corrected chi connectivity index (χ0v) is 19.0. The number of halogens is 3. The van der Waals surface area contributed by atoms with Crippen LogP contribution in [0.3, 0.4) is 0 Å². The standard InChI is InChI=1S/C24H23F3N2O4S/c1-2-33-18-12-14-19(15-13-18)34(31,32)29-22(16-17-8-4-3-5-9-17)23(30)28-21-11-7-6-10-20(21)24(25,26)27/h3-15,22,29H,2,16H2,1H3,(H,28,30)/t22-/m1/s1. The summed E-state index contributed by atoms with van der Waals surface area (Å²) >= 11 is 0. The summed E-state index contributed by atoms with van der Waals surface area (Å²) in [6, 6.07) is 17.3. The van der Waals surface area contributed by atoms with Gasteiger partial charge in [-0.2, -0.15) is 17.9 Å². The maximum Gasteiger partial charge on any atom is 0.418 e. The first-order chi connectivity index (χ1) is 16.1. The highest BCUT2D eigenvalue weighted by Gasteiger charge is 2.34. The molecule has 1 atom stereocenters. The van der Waals surface area contributed by atoms with E-state index in [0.717, 1.165) is 12.1 Å². The number of nitrogens with one attached hydrogen (secondary N) is 2. The number of para-hydroxylation sites is 1. The van der Waals surface area contributed by atoms with Crippen molar-refractivity contribution in [3.05, 3.63) is 90.0 Å². The molecule has 2 N–H and O–H groups in total. The summed E-state index contributed by atoms with van der Waals surface area (Å²) in [7, 11) is -4.18. The molecule has 3 aromatic rings. The van der Waals surface area contributed by atoms with Gasteiger partial charge >= 0.3 is 6.18 Å². The van der Waals surface area contributed by atoms with Gasteiger partial charge in [0, 0.05) is 0 Å². The zero-order valence-electron chi connectivity index (χ0n) is 18.2. The smallest absolute Gasteiger partial charge is 0.418 e. The normalized spacial score (nSPS) is 12.7. The van der Waals surface area contributed by atoms with E-state index in [-0.39, 0.29) is 11.3 Å². The van der Waals surface area contributed by atoms with Crippen molar-refractivity contribution in [2.24, 2.45) is 0 Å². The molecule has 0 aliphatic heterocycles. The lowest BCUT2D eigenvalue weighted by molar-refractivity contribution is -0.137. The third-order valence-corrected chi connectivity index (χ3v) is 6.32. The Bertz CT molecular complexity index is 1210. The molecule has 0 saturated carbocycles. The second-order valence-electron chi connectivity index (χ2n) is 7.30. The van der Waals surface area contributed by atoms with Gasteiger partial charge in [-0.25, -0.2) is 8.42 Å². The highest BCUT2D eigenvalue weighted by Crippen LogP contribution is 2.34. The summed E-state index contributed by atoms with van der Waals surface area (Å²) in [5, 5.41) is 2.23. The molecule has 6 nitrogen and oxygen atoms in total. The Balaban J connectivity index is 1.89. The van der Waals surface area contributed by atoms with Crippen LogP contribution in [0.4, 0.5) is 18.9 Å². The van der Waals surface area contributed by atoms with Crippen molar-refractivity contribution in [3.63, 3.8) is 0 Å². The van der Waals surface area contributed by atoms with Gasteiger partial charge < -0.3 is 10.1 Å². The Labute approximate surface area is 195 Å². The number of hydrogen-bond acceptors (Lipinski definition) is 4. The first kappa shape index (κ1) is 25.3. The second-order valence-corrected chi connectivity index (χ2v) is 9.01. The Morgan fingerprint density at radius 3 is 2.18 bits per heavy atom. The van der Waals surface area contributed by atoms with Crippen molar-refractivity contribution < 1.29 is 31.1 Å². The quantitative estimate of drug-likeness (QED) is 0.456. The molecule has 3 aromatic carbocycles. The van der Waals surface area contributed by atoms with Crippen LogP contribution in [-0.4, -0.2) is 27.0 Å². The van der Waals surface area contributed by atoms with Gasteiger partial charge in [0.2, 0.25) is 15.9 Å². The molecule has 0 bridgehead atoms. The number of sulfonamides is 1. The third kappa shape index (κ3) is 6.58. The fourth-order valence-corrected chi connectivity index (χ4v) is 4.43. The van der Waals surface area contributed by atoms with Gasteiger partial charge in [-0.3, -0.25) is 4.79 Å². The van der Waals surface area contributed by atoms with Crippen molar-refractivity contribution in [2.45, 2.75) is 30.5 Å². The lowest BCUT2D eigenvalue weighted by Gasteiger charge is -2.20. The van der Waals surface area contributed by atoms with Crippen LogP contribution in [0.2, 0.25) is 0 Å². The number of carbonyl (C=O) groups excluding carboxylic acids is 1. The molecule has 0 aromatic heterocycles. The van der Waals surface area contributed by atoms with Crippen molar-refractivity contribution in [3.8, 4) is 5.75 Å². The molecule has 34 heavy (non-hydrogen) atoms. The molecule has 0 heterocycles. The lowest BCUT2D eigenvalue weighted by Crippen LogP contribution is -2.45. The highest BCUT2D eigenvalue weighted by atomic mass is 32.2. The molecule has 10 heteroatoms. The average molecular weight is 493 g/mol. The van der Waals surface area contributed by atoms with E-state index >= 15 is 0 Å². The maximum atomic E-state index is 13.4. The molecular formula is C24H23F3N2O4S. The predicted molar refractivity (Wildman–Crippen MR) is 122 cm³/mol. The molecule has 180 valence electrons. The van der Waals surface area contributed by atoms with E-state index in [0.29, 0.717) is 17.9 Å². The summed E-state index contributed by atoms with van der Waals surface area (Å²) in [4.78, 5) is 12.9. The fraction of sp³-hybridized carbons (Fsp3) is 0.208.